The molecule has 0 saturated heterocycles. The Kier molecular flexibility index (Phi) is 2.31. The number of hydrogen-bond acceptors (Lipinski definition) is 2. The minimum absolute atomic E-state index is 0.00825. The van der Waals surface area contributed by atoms with Gasteiger partial charge in [-0.25, -0.2) is 4.79 Å². The van der Waals surface area contributed by atoms with Crippen LogP contribution in [0, 0.1) is 0 Å². The summed E-state index contributed by atoms with van der Waals surface area (Å²) in [5, 5.41) is 20.1. The van der Waals surface area contributed by atoms with Gasteiger partial charge in [0, 0.05) is 21.8 Å². The van der Waals surface area contributed by atoms with Crippen LogP contribution in [0.2, 0.25) is 0 Å². The molecule has 18 heavy (non-hydrogen) atoms. The van der Waals surface area contributed by atoms with Crippen molar-refractivity contribution in [2.24, 2.45) is 0 Å². The molecule has 1 aromatic heterocycles. The zero-order chi connectivity index (χ0) is 12.7. The third-order valence-corrected chi connectivity index (χ3v) is 3.09. The molecule has 90 valence electrons. The SMILES string of the molecule is O=C(O)c1ccc2c(c1)[nH]c1cc(CO)ccc12. The van der Waals surface area contributed by atoms with Crippen molar-refractivity contribution in [2.75, 3.05) is 0 Å². The Morgan fingerprint density at radius 1 is 1.06 bits per heavy atom. The molecule has 3 rings (SSSR count). The number of benzene rings is 2. The van der Waals surface area contributed by atoms with E-state index >= 15 is 0 Å². The van der Waals surface area contributed by atoms with E-state index in [1.54, 1.807) is 18.2 Å². The number of H-pyrrole nitrogens is 1. The number of aliphatic hydroxyl groups is 1. The maximum Gasteiger partial charge on any atom is 0.335 e. The second kappa shape index (κ2) is 3.85. The number of aromatic carboxylic acids is 1. The second-order valence-electron chi connectivity index (χ2n) is 4.23. The highest BCUT2D eigenvalue weighted by Crippen LogP contribution is 2.26. The zero-order valence-electron chi connectivity index (χ0n) is 9.47. The molecule has 4 heteroatoms. The molecule has 0 saturated carbocycles. The van der Waals surface area contributed by atoms with E-state index in [4.69, 9.17) is 10.2 Å². The van der Waals surface area contributed by atoms with E-state index in [-0.39, 0.29) is 12.2 Å². The smallest absolute Gasteiger partial charge is 0.335 e. The van der Waals surface area contributed by atoms with Gasteiger partial charge < -0.3 is 15.2 Å². The van der Waals surface area contributed by atoms with E-state index in [9.17, 15) is 4.79 Å². The molecule has 3 N–H and O–H groups in total. The highest BCUT2D eigenvalue weighted by molar-refractivity contribution is 6.08. The molecule has 0 bridgehead atoms. The van der Waals surface area contributed by atoms with Gasteiger partial charge in [0.2, 0.25) is 0 Å². The fourth-order valence-corrected chi connectivity index (χ4v) is 2.19. The van der Waals surface area contributed by atoms with Crippen LogP contribution < -0.4 is 0 Å². The lowest BCUT2D eigenvalue weighted by Crippen LogP contribution is -1.94. The van der Waals surface area contributed by atoms with Crippen LogP contribution in [0.25, 0.3) is 21.8 Å². The predicted octanol–water partition coefficient (Wildman–Crippen LogP) is 2.51. The van der Waals surface area contributed by atoms with Crippen LogP contribution >= 0.6 is 0 Å². The van der Waals surface area contributed by atoms with Crippen molar-refractivity contribution in [1.82, 2.24) is 4.98 Å². The molecule has 0 atom stereocenters. The summed E-state index contributed by atoms with van der Waals surface area (Å²) in [7, 11) is 0. The number of aromatic amines is 1. The minimum Gasteiger partial charge on any atom is -0.478 e. The maximum absolute atomic E-state index is 10.9. The van der Waals surface area contributed by atoms with E-state index in [0.717, 1.165) is 27.4 Å². The Morgan fingerprint density at radius 2 is 1.72 bits per heavy atom. The van der Waals surface area contributed by atoms with Gasteiger partial charge in [-0.1, -0.05) is 18.2 Å². The Morgan fingerprint density at radius 3 is 2.39 bits per heavy atom. The van der Waals surface area contributed by atoms with Gasteiger partial charge in [0.25, 0.3) is 0 Å². The molecule has 0 amide bonds. The number of hydrogen-bond donors (Lipinski definition) is 3. The van der Waals surface area contributed by atoms with Gasteiger partial charge >= 0.3 is 5.97 Å². The van der Waals surface area contributed by atoms with Crippen LogP contribution in [-0.4, -0.2) is 21.2 Å². The number of aromatic nitrogens is 1. The number of aliphatic hydroxyl groups excluding tert-OH is 1. The number of nitrogens with one attached hydrogen (secondary N) is 1. The van der Waals surface area contributed by atoms with Crippen molar-refractivity contribution in [1.29, 1.82) is 0 Å². The van der Waals surface area contributed by atoms with Gasteiger partial charge in [0.1, 0.15) is 0 Å². The Hall–Kier alpha value is -2.33. The summed E-state index contributed by atoms with van der Waals surface area (Å²) in [4.78, 5) is 14.1. The maximum atomic E-state index is 10.9. The van der Waals surface area contributed by atoms with Crippen molar-refractivity contribution in [3.05, 3.63) is 47.5 Å². The third kappa shape index (κ3) is 1.55. The lowest BCUT2D eigenvalue weighted by Gasteiger charge is -1.96. The van der Waals surface area contributed by atoms with Crippen molar-refractivity contribution in [3.8, 4) is 0 Å². The first-order valence-corrected chi connectivity index (χ1v) is 5.57. The first-order chi connectivity index (χ1) is 8.69. The van der Waals surface area contributed by atoms with E-state index in [0.29, 0.717) is 0 Å². The summed E-state index contributed by atoms with van der Waals surface area (Å²) in [6.45, 7) is -0.00825. The van der Waals surface area contributed by atoms with Crippen molar-refractivity contribution in [2.45, 2.75) is 6.61 Å². The Balaban J connectivity index is 2.31. The quantitative estimate of drug-likeness (QED) is 0.645. The number of carboxylic acids is 1. The molecular formula is C14H11NO3. The molecule has 2 aromatic carbocycles. The lowest BCUT2D eigenvalue weighted by molar-refractivity contribution is 0.0697. The summed E-state index contributed by atoms with van der Waals surface area (Å²) in [5.41, 5.74) is 2.78. The molecule has 1 heterocycles. The fraction of sp³-hybridized carbons (Fsp3) is 0.0714. The number of fused-ring (bicyclic) bond motifs is 3. The molecule has 0 aliphatic heterocycles. The number of rotatable bonds is 2. The molecule has 3 aromatic rings. The van der Waals surface area contributed by atoms with Crippen molar-refractivity contribution in [3.63, 3.8) is 0 Å². The Labute approximate surface area is 102 Å². The molecular weight excluding hydrogens is 230 g/mol. The molecule has 0 aliphatic rings. The van der Waals surface area contributed by atoms with Gasteiger partial charge in [-0.05, 0) is 23.8 Å². The van der Waals surface area contributed by atoms with E-state index in [1.807, 2.05) is 18.2 Å². The molecule has 0 spiro atoms. The zero-order valence-corrected chi connectivity index (χ0v) is 9.47. The monoisotopic (exact) mass is 241 g/mol. The van der Waals surface area contributed by atoms with E-state index < -0.39 is 5.97 Å². The van der Waals surface area contributed by atoms with Crippen LogP contribution in [-0.2, 0) is 6.61 Å². The summed E-state index contributed by atoms with van der Waals surface area (Å²) >= 11 is 0. The number of carboxylic acid groups (broad SMARTS) is 1. The molecule has 4 nitrogen and oxygen atoms in total. The van der Waals surface area contributed by atoms with Gasteiger partial charge in [-0.3, -0.25) is 0 Å². The second-order valence-corrected chi connectivity index (χ2v) is 4.23. The van der Waals surface area contributed by atoms with Crippen molar-refractivity contribution >= 4 is 27.8 Å². The average Bonchev–Trinajstić information content (AvgIpc) is 2.74. The lowest BCUT2D eigenvalue weighted by atomic mass is 10.1. The summed E-state index contributed by atoms with van der Waals surface area (Å²) in [6, 6.07) is 10.7. The number of carbonyl (C=O) groups is 1. The van der Waals surface area contributed by atoms with Crippen LogP contribution in [0.1, 0.15) is 15.9 Å². The predicted molar refractivity (Wildman–Crippen MR) is 68.7 cm³/mol. The summed E-state index contributed by atoms with van der Waals surface area (Å²) < 4.78 is 0. The standard InChI is InChI=1S/C14H11NO3/c16-7-8-1-3-10-11-4-2-9(14(17)18)6-13(11)15-12(10)5-8/h1-6,15-16H,7H2,(H,17,18). The fourth-order valence-electron chi connectivity index (χ4n) is 2.19. The Bertz CT molecular complexity index is 758. The van der Waals surface area contributed by atoms with E-state index in [1.165, 1.54) is 0 Å². The summed E-state index contributed by atoms with van der Waals surface area (Å²) in [6.07, 6.45) is 0. The highest BCUT2D eigenvalue weighted by atomic mass is 16.4. The third-order valence-electron chi connectivity index (χ3n) is 3.09. The van der Waals surface area contributed by atoms with Gasteiger partial charge in [-0.15, -0.1) is 0 Å². The van der Waals surface area contributed by atoms with Gasteiger partial charge in [0.15, 0.2) is 0 Å². The van der Waals surface area contributed by atoms with Crippen LogP contribution in [0.3, 0.4) is 0 Å². The summed E-state index contributed by atoms with van der Waals surface area (Å²) in [5.74, 6) is -0.938. The highest BCUT2D eigenvalue weighted by Gasteiger charge is 2.08. The molecule has 0 unspecified atom stereocenters. The van der Waals surface area contributed by atoms with Crippen LogP contribution in [0.5, 0.6) is 0 Å². The first-order valence-electron chi connectivity index (χ1n) is 5.57. The van der Waals surface area contributed by atoms with Crippen molar-refractivity contribution < 1.29 is 15.0 Å². The molecule has 0 radical (unpaired) electrons. The van der Waals surface area contributed by atoms with E-state index in [2.05, 4.69) is 4.98 Å². The topological polar surface area (TPSA) is 73.3 Å². The molecule has 0 fully saturated rings. The largest absolute Gasteiger partial charge is 0.478 e. The average molecular weight is 241 g/mol. The van der Waals surface area contributed by atoms with Gasteiger partial charge in [-0.2, -0.15) is 0 Å². The minimum atomic E-state index is -0.938. The normalized spacial score (nSPS) is 11.2. The first kappa shape index (κ1) is 10.8. The molecule has 0 aliphatic carbocycles. The van der Waals surface area contributed by atoms with Crippen LogP contribution in [0.15, 0.2) is 36.4 Å². The van der Waals surface area contributed by atoms with Gasteiger partial charge in [0.05, 0.1) is 12.2 Å². The van der Waals surface area contributed by atoms with Crippen LogP contribution in [0.4, 0.5) is 0 Å².